The van der Waals surface area contributed by atoms with E-state index in [4.69, 9.17) is 18.6 Å². The summed E-state index contributed by atoms with van der Waals surface area (Å²) in [4.78, 5) is 0. The number of nitrogens with zero attached hydrogens (tertiary/aromatic N) is 1. The first-order valence-electron chi connectivity index (χ1n) is 7.60. The SMILES string of the molecule is COc1cc(/C(C#N)=C/c2coc3ccccc23)cc(OC)c1OC. The molecule has 2 aromatic carbocycles. The Balaban J connectivity index is 2.14. The molecule has 0 N–H and O–H groups in total. The molecule has 5 heteroatoms. The first-order chi connectivity index (χ1) is 12.2. The van der Waals surface area contributed by atoms with Crippen LogP contribution in [0.15, 0.2) is 47.1 Å². The maximum Gasteiger partial charge on any atom is 0.203 e. The fraction of sp³-hybridized carbons (Fsp3) is 0.150. The van der Waals surface area contributed by atoms with Gasteiger partial charge in [0.1, 0.15) is 5.58 Å². The lowest BCUT2D eigenvalue weighted by molar-refractivity contribution is 0.324. The van der Waals surface area contributed by atoms with Crippen LogP contribution in [0, 0.1) is 11.3 Å². The minimum Gasteiger partial charge on any atom is -0.493 e. The number of allylic oxidation sites excluding steroid dienone is 1. The number of ether oxygens (including phenoxy) is 3. The molecule has 3 aromatic rings. The quantitative estimate of drug-likeness (QED) is 0.641. The highest BCUT2D eigenvalue weighted by molar-refractivity contribution is 5.97. The summed E-state index contributed by atoms with van der Waals surface area (Å²) in [6.07, 6.45) is 3.42. The summed E-state index contributed by atoms with van der Waals surface area (Å²) < 4.78 is 21.6. The zero-order valence-corrected chi connectivity index (χ0v) is 14.2. The van der Waals surface area contributed by atoms with E-state index in [1.165, 1.54) is 0 Å². The molecular formula is C20H17NO4. The lowest BCUT2D eigenvalue weighted by Gasteiger charge is -2.13. The lowest BCUT2D eigenvalue weighted by atomic mass is 10.0. The average Bonchev–Trinajstić information content (AvgIpc) is 3.07. The van der Waals surface area contributed by atoms with Gasteiger partial charge in [0.15, 0.2) is 11.5 Å². The molecule has 0 spiro atoms. The molecule has 126 valence electrons. The number of benzene rings is 2. The Labute approximate surface area is 145 Å². The highest BCUT2D eigenvalue weighted by atomic mass is 16.5. The minimum atomic E-state index is 0.464. The van der Waals surface area contributed by atoms with Crippen molar-refractivity contribution >= 4 is 22.6 Å². The second-order valence-corrected chi connectivity index (χ2v) is 5.27. The number of rotatable bonds is 5. The third-order valence-electron chi connectivity index (χ3n) is 3.91. The second kappa shape index (κ2) is 7.02. The van der Waals surface area contributed by atoms with Gasteiger partial charge in [-0.3, -0.25) is 0 Å². The highest BCUT2D eigenvalue weighted by Crippen LogP contribution is 2.40. The third kappa shape index (κ3) is 3.02. The molecule has 0 aliphatic heterocycles. The molecule has 0 radical (unpaired) electrons. The van der Waals surface area contributed by atoms with Gasteiger partial charge in [0, 0.05) is 10.9 Å². The van der Waals surface area contributed by atoms with Crippen molar-refractivity contribution in [2.45, 2.75) is 0 Å². The van der Waals surface area contributed by atoms with Crippen molar-refractivity contribution in [1.29, 1.82) is 5.26 Å². The third-order valence-corrected chi connectivity index (χ3v) is 3.91. The molecule has 0 aliphatic carbocycles. The van der Waals surface area contributed by atoms with Crippen LogP contribution in [0.3, 0.4) is 0 Å². The number of fused-ring (bicyclic) bond motifs is 1. The van der Waals surface area contributed by atoms with Gasteiger partial charge in [-0.1, -0.05) is 18.2 Å². The molecule has 0 saturated carbocycles. The van der Waals surface area contributed by atoms with E-state index < -0.39 is 0 Å². The number of nitriles is 1. The first kappa shape index (κ1) is 16.5. The predicted molar refractivity (Wildman–Crippen MR) is 95.8 cm³/mol. The number of hydrogen-bond acceptors (Lipinski definition) is 5. The van der Waals surface area contributed by atoms with Gasteiger partial charge in [-0.2, -0.15) is 5.26 Å². The van der Waals surface area contributed by atoms with Gasteiger partial charge in [-0.25, -0.2) is 0 Å². The monoisotopic (exact) mass is 335 g/mol. The van der Waals surface area contributed by atoms with Crippen LogP contribution < -0.4 is 14.2 Å². The maximum absolute atomic E-state index is 9.64. The highest BCUT2D eigenvalue weighted by Gasteiger charge is 2.15. The maximum atomic E-state index is 9.64. The van der Waals surface area contributed by atoms with E-state index in [1.54, 1.807) is 45.8 Å². The Bertz CT molecular complexity index is 954. The summed E-state index contributed by atoms with van der Waals surface area (Å²) in [6, 6.07) is 13.4. The van der Waals surface area contributed by atoms with Gasteiger partial charge < -0.3 is 18.6 Å². The molecule has 0 fully saturated rings. The van der Waals surface area contributed by atoms with Crippen LogP contribution in [0.4, 0.5) is 0 Å². The van der Waals surface area contributed by atoms with Crippen molar-refractivity contribution in [3.63, 3.8) is 0 Å². The topological polar surface area (TPSA) is 64.6 Å². The van der Waals surface area contributed by atoms with Gasteiger partial charge >= 0.3 is 0 Å². The number of methoxy groups -OCH3 is 3. The van der Waals surface area contributed by atoms with Crippen molar-refractivity contribution < 1.29 is 18.6 Å². The molecule has 0 amide bonds. The Morgan fingerprint density at radius 3 is 2.32 bits per heavy atom. The Kier molecular flexibility index (Phi) is 4.62. The molecule has 3 rings (SSSR count). The van der Waals surface area contributed by atoms with Crippen molar-refractivity contribution in [3.05, 3.63) is 53.8 Å². The molecule has 1 aromatic heterocycles. The van der Waals surface area contributed by atoms with Crippen molar-refractivity contribution in [2.75, 3.05) is 21.3 Å². The summed E-state index contributed by atoms with van der Waals surface area (Å²) >= 11 is 0. The van der Waals surface area contributed by atoms with E-state index in [0.717, 1.165) is 16.5 Å². The van der Waals surface area contributed by atoms with Crippen LogP contribution in [0.2, 0.25) is 0 Å². The molecule has 25 heavy (non-hydrogen) atoms. The normalized spacial score (nSPS) is 11.2. The standard InChI is InChI=1S/C20H17NO4/c1-22-18-9-13(10-19(23-2)20(18)24-3)14(11-21)8-15-12-25-17-7-5-4-6-16(15)17/h4-10,12H,1-3H3/b14-8+. The predicted octanol–water partition coefficient (Wildman–Crippen LogP) is 4.52. The lowest BCUT2D eigenvalue weighted by Crippen LogP contribution is -1.96. The summed E-state index contributed by atoms with van der Waals surface area (Å²) in [6.45, 7) is 0. The van der Waals surface area contributed by atoms with E-state index in [9.17, 15) is 5.26 Å². The fourth-order valence-electron chi connectivity index (χ4n) is 2.68. The van der Waals surface area contributed by atoms with E-state index in [0.29, 0.717) is 28.4 Å². The van der Waals surface area contributed by atoms with Gasteiger partial charge in [0.25, 0.3) is 0 Å². The van der Waals surface area contributed by atoms with Gasteiger partial charge in [0.05, 0.1) is 39.2 Å². The minimum absolute atomic E-state index is 0.464. The zero-order chi connectivity index (χ0) is 17.8. The summed E-state index contributed by atoms with van der Waals surface area (Å²) in [5, 5.41) is 10.6. The van der Waals surface area contributed by atoms with Crippen LogP contribution in [0.5, 0.6) is 17.2 Å². The largest absolute Gasteiger partial charge is 0.493 e. The Morgan fingerprint density at radius 2 is 1.72 bits per heavy atom. The molecule has 0 unspecified atom stereocenters. The van der Waals surface area contributed by atoms with Gasteiger partial charge in [0.2, 0.25) is 5.75 Å². The molecular weight excluding hydrogens is 318 g/mol. The van der Waals surface area contributed by atoms with Crippen LogP contribution in [0.25, 0.3) is 22.6 Å². The van der Waals surface area contributed by atoms with Crippen LogP contribution in [-0.4, -0.2) is 21.3 Å². The Hall–Kier alpha value is -3.39. The number of hydrogen-bond donors (Lipinski definition) is 0. The van der Waals surface area contributed by atoms with Crippen LogP contribution in [-0.2, 0) is 0 Å². The van der Waals surface area contributed by atoms with E-state index in [1.807, 2.05) is 24.3 Å². The molecule has 0 saturated heterocycles. The molecule has 1 heterocycles. The average molecular weight is 335 g/mol. The molecule has 0 bridgehead atoms. The summed E-state index contributed by atoms with van der Waals surface area (Å²) in [5.74, 6) is 1.48. The van der Waals surface area contributed by atoms with E-state index in [-0.39, 0.29) is 0 Å². The fourth-order valence-corrected chi connectivity index (χ4v) is 2.68. The molecule has 0 atom stereocenters. The van der Waals surface area contributed by atoms with E-state index in [2.05, 4.69) is 6.07 Å². The van der Waals surface area contributed by atoms with Gasteiger partial charge in [-0.05, 0) is 29.8 Å². The molecule has 0 aliphatic rings. The van der Waals surface area contributed by atoms with Crippen molar-refractivity contribution in [3.8, 4) is 23.3 Å². The van der Waals surface area contributed by atoms with Crippen LogP contribution >= 0.6 is 0 Å². The van der Waals surface area contributed by atoms with Crippen molar-refractivity contribution in [2.24, 2.45) is 0 Å². The number of para-hydroxylation sites is 1. The molecule has 5 nitrogen and oxygen atoms in total. The van der Waals surface area contributed by atoms with E-state index >= 15 is 0 Å². The number of furan rings is 1. The summed E-state index contributed by atoms with van der Waals surface area (Å²) in [7, 11) is 4.62. The zero-order valence-electron chi connectivity index (χ0n) is 14.2. The van der Waals surface area contributed by atoms with Crippen molar-refractivity contribution in [1.82, 2.24) is 0 Å². The first-order valence-corrected chi connectivity index (χ1v) is 7.60. The van der Waals surface area contributed by atoms with Gasteiger partial charge in [-0.15, -0.1) is 0 Å². The Morgan fingerprint density at radius 1 is 1.04 bits per heavy atom. The smallest absolute Gasteiger partial charge is 0.203 e. The summed E-state index contributed by atoms with van der Waals surface area (Å²) in [5.41, 5.74) is 2.74. The second-order valence-electron chi connectivity index (χ2n) is 5.27. The van der Waals surface area contributed by atoms with Crippen LogP contribution in [0.1, 0.15) is 11.1 Å².